The molecule has 110 valence electrons. The van der Waals surface area contributed by atoms with E-state index in [1.165, 1.54) is 39.0 Å². The van der Waals surface area contributed by atoms with Crippen molar-refractivity contribution in [3.05, 3.63) is 23.5 Å². The number of rotatable bonds is 6. The van der Waals surface area contributed by atoms with Crippen LogP contribution in [0.3, 0.4) is 0 Å². The Bertz CT molecular complexity index is 350. The Morgan fingerprint density at radius 3 is 2.47 bits per heavy atom. The third-order valence-electron chi connectivity index (χ3n) is 2.71. The number of unbranched alkanes of at least 4 members (excludes halogenated alkanes) is 2. The van der Waals surface area contributed by atoms with Crippen molar-refractivity contribution in [2.45, 2.75) is 40.0 Å². The zero-order valence-corrected chi connectivity index (χ0v) is 12.4. The fourth-order valence-corrected chi connectivity index (χ4v) is 1.48. The van der Waals surface area contributed by atoms with E-state index in [4.69, 9.17) is 5.11 Å². The minimum Gasteiger partial charge on any atom is -0.505 e. The molecule has 0 unspecified atom stereocenters. The predicted octanol–water partition coefficient (Wildman–Crippen LogP) is 3.63. The quantitative estimate of drug-likeness (QED) is 0.776. The van der Waals surface area contributed by atoms with Crippen LogP contribution in [0, 0.1) is 12.7 Å². The lowest BCUT2D eigenvalue weighted by atomic mass is 10.2. The number of methoxy groups -OCH3 is 1. The molecule has 1 aromatic carbocycles. The Labute approximate surface area is 115 Å². The van der Waals surface area contributed by atoms with Gasteiger partial charge in [-0.05, 0) is 38.1 Å². The lowest BCUT2D eigenvalue weighted by Crippen LogP contribution is -2.13. The standard InChI is InChI=1S/C8H9FO2.C7H17N/c1-5-3-4-6(11-2)7(9)8(5)10;1-3-5-6-7-8-4-2/h3-4,10H,1-2H3;8H,3-7H2,1-2H3. The summed E-state index contributed by atoms with van der Waals surface area (Å²) in [5.41, 5.74) is 0.503. The first-order valence-electron chi connectivity index (χ1n) is 6.81. The van der Waals surface area contributed by atoms with Gasteiger partial charge < -0.3 is 15.2 Å². The van der Waals surface area contributed by atoms with Crippen molar-refractivity contribution in [2.75, 3.05) is 20.2 Å². The molecule has 0 saturated carbocycles. The van der Waals surface area contributed by atoms with E-state index in [9.17, 15) is 4.39 Å². The molecular weight excluding hydrogens is 245 g/mol. The third kappa shape index (κ3) is 7.01. The van der Waals surface area contributed by atoms with E-state index < -0.39 is 5.82 Å². The molecule has 1 rings (SSSR count). The van der Waals surface area contributed by atoms with Crippen molar-refractivity contribution in [2.24, 2.45) is 0 Å². The van der Waals surface area contributed by atoms with Crippen LogP contribution in [0.5, 0.6) is 11.5 Å². The molecule has 0 spiro atoms. The summed E-state index contributed by atoms with van der Waals surface area (Å²) < 4.78 is 17.5. The second-order valence-electron chi connectivity index (χ2n) is 4.31. The first-order chi connectivity index (χ1) is 9.08. The average molecular weight is 271 g/mol. The summed E-state index contributed by atoms with van der Waals surface area (Å²) in [6.45, 7) is 8.31. The Morgan fingerprint density at radius 1 is 1.26 bits per heavy atom. The highest BCUT2D eigenvalue weighted by Gasteiger charge is 2.09. The lowest BCUT2D eigenvalue weighted by Gasteiger charge is -2.04. The summed E-state index contributed by atoms with van der Waals surface area (Å²) in [5, 5.41) is 12.3. The Morgan fingerprint density at radius 2 is 1.95 bits per heavy atom. The zero-order valence-electron chi connectivity index (χ0n) is 12.4. The van der Waals surface area contributed by atoms with Gasteiger partial charge >= 0.3 is 0 Å². The van der Waals surface area contributed by atoms with Crippen molar-refractivity contribution < 1.29 is 14.2 Å². The first-order valence-corrected chi connectivity index (χ1v) is 6.81. The van der Waals surface area contributed by atoms with Gasteiger partial charge in [0.2, 0.25) is 5.82 Å². The van der Waals surface area contributed by atoms with Gasteiger partial charge in [0.1, 0.15) is 0 Å². The van der Waals surface area contributed by atoms with Gasteiger partial charge in [0.25, 0.3) is 0 Å². The summed E-state index contributed by atoms with van der Waals surface area (Å²) in [7, 11) is 1.35. The molecule has 0 heterocycles. The molecule has 0 radical (unpaired) electrons. The summed E-state index contributed by atoms with van der Waals surface area (Å²) in [5.74, 6) is -0.982. The topological polar surface area (TPSA) is 41.5 Å². The van der Waals surface area contributed by atoms with Crippen molar-refractivity contribution in [3.8, 4) is 11.5 Å². The lowest BCUT2D eigenvalue weighted by molar-refractivity contribution is 0.363. The molecule has 3 nitrogen and oxygen atoms in total. The predicted molar refractivity (Wildman–Crippen MR) is 77.4 cm³/mol. The molecule has 0 aliphatic rings. The van der Waals surface area contributed by atoms with Gasteiger partial charge in [0, 0.05) is 0 Å². The van der Waals surface area contributed by atoms with E-state index in [1.54, 1.807) is 13.0 Å². The van der Waals surface area contributed by atoms with Crippen molar-refractivity contribution >= 4 is 0 Å². The van der Waals surface area contributed by atoms with E-state index in [0.717, 1.165) is 6.54 Å². The Kier molecular flexibility index (Phi) is 9.90. The van der Waals surface area contributed by atoms with Gasteiger partial charge in [-0.1, -0.05) is 32.8 Å². The number of benzene rings is 1. The fourth-order valence-electron chi connectivity index (χ4n) is 1.48. The highest BCUT2D eigenvalue weighted by Crippen LogP contribution is 2.28. The number of halogens is 1. The minimum absolute atomic E-state index is 0.0631. The molecule has 0 bridgehead atoms. The van der Waals surface area contributed by atoms with Crippen LogP contribution in [0.1, 0.15) is 38.7 Å². The highest BCUT2D eigenvalue weighted by molar-refractivity contribution is 5.40. The van der Waals surface area contributed by atoms with Gasteiger partial charge in [0.15, 0.2) is 11.5 Å². The molecule has 1 aromatic rings. The van der Waals surface area contributed by atoms with Crippen LogP contribution in [0.2, 0.25) is 0 Å². The molecule has 0 aromatic heterocycles. The first kappa shape index (κ1) is 17.7. The Balaban J connectivity index is 0.000000362. The molecule has 19 heavy (non-hydrogen) atoms. The average Bonchev–Trinajstić information content (AvgIpc) is 2.42. The van der Waals surface area contributed by atoms with Gasteiger partial charge in [-0.15, -0.1) is 0 Å². The summed E-state index contributed by atoms with van der Waals surface area (Å²) in [6, 6.07) is 3.07. The zero-order chi connectivity index (χ0) is 14.7. The number of phenols is 1. The van der Waals surface area contributed by atoms with Crippen LogP contribution in [0.15, 0.2) is 12.1 Å². The molecule has 2 N–H and O–H groups in total. The van der Waals surface area contributed by atoms with Gasteiger partial charge in [-0.25, -0.2) is 0 Å². The van der Waals surface area contributed by atoms with E-state index in [1.807, 2.05) is 0 Å². The van der Waals surface area contributed by atoms with Gasteiger partial charge in [0.05, 0.1) is 7.11 Å². The van der Waals surface area contributed by atoms with Crippen LogP contribution >= 0.6 is 0 Å². The monoisotopic (exact) mass is 271 g/mol. The highest BCUT2D eigenvalue weighted by atomic mass is 19.1. The number of phenolic OH excluding ortho intramolecular Hbond substituents is 1. The maximum atomic E-state index is 12.9. The number of nitrogens with one attached hydrogen (secondary N) is 1. The second-order valence-corrected chi connectivity index (χ2v) is 4.31. The molecule has 0 aliphatic heterocycles. The molecule has 4 heteroatoms. The van der Waals surface area contributed by atoms with E-state index >= 15 is 0 Å². The maximum Gasteiger partial charge on any atom is 0.206 e. The summed E-state index contributed by atoms with van der Waals surface area (Å²) >= 11 is 0. The van der Waals surface area contributed by atoms with Gasteiger partial charge in [-0.3, -0.25) is 0 Å². The number of ether oxygens (including phenoxy) is 1. The molecule has 0 fully saturated rings. The smallest absolute Gasteiger partial charge is 0.206 e. The number of aromatic hydroxyl groups is 1. The molecule has 0 atom stereocenters. The van der Waals surface area contributed by atoms with Gasteiger partial charge in [-0.2, -0.15) is 4.39 Å². The van der Waals surface area contributed by atoms with Crippen molar-refractivity contribution in [3.63, 3.8) is 0 Å². The molecule has 0 saturated heterocycles. The van der Waals surface area contributed by atoms with Crippen LogP contribution < -0.4 is 10.1 Å². The molecule has 0 aliphatic carbocycles. The summed E-state index contributed by atoms with van der Waals surface area (Å²) in [4.78, 5) is 0. The SMILES string of the molecule is CCCCCNCC.COc1ccc(C)c(O)c1F. The molecular formula is C15H26FNO2. The number of hydrogen-bond acceptors (Lipinski definition) is 3. The van der Waals surface area contributed by atoms with Crippen molar-refractivity contribution in [1.82, 2.24) is 5.32 Å². The maximum absolute atomic E-state index is 12.9. The van der Waals surface area contributed by atoms with Crippen LogP contribution in [-0.2, 0) is 0 Å². The summed E-state index contributed by atoms with van der Waals surface area (Å²) in [6.07, 6.45) is 4.03. The van der Waals surface area contributed by atoms with E-state index in [-0.39, 0.29) is 11.5 Å². The van der Waals surface area contributed by atoms with E-state index in [2.05, 4.69) is 23.9 Å². The number of hydrogen-bond donors (Lipinski definition) is 2. The van der Waals surface area contributed by atoms with E-state index in [0.29, 0.717) is 5.56 Å². The number of aryl methyl sites for hydroxylation is 1. The molecule has 0 amide bonds. The van der Waals surface area contributed by atoms with Crippen LogP contribution in [0.4, 0.5) is 4.39 Å². The normalized spacial score (nSPS) is 9.74. The second kappa shape index (κ2) is 10.6. The van der Waals surface area contributed by atoms with Crippen LogP contribution in [-0.4, -0.2) is 25.3 Å². The van der Waals surface area contributed by atoms with Crippen LogP contribution in [0.25, 0.3) is 0 Å². The largest absolute Gasteiger partial charge is 0.505 e. The fraction of sp³-hybridized carbons (Fsp3) is 0.600. The Hall–Kier alpha value is -1.29. The van der Waals surface area contributed by atoms with Crippen molar-refractivity contribution in [1.29, 1.82) is 0 Å². The third-order valence-corrected chi connectivity index (χ3v) is 2.71. The minimum atomic E-state index is -0.701.